The summed E-state index contributed by atoms with van der Waals surface area (Å²) in [5, 5.41) is 32.9. The summed E-state index contributed by atoms with van der Waals surface area (Å²) in [6.07, 6.45) is 12.1. The maximum absolute atomic E-state index is 11.6. The first-order valence-corrected chi connectivity index (χ1v) is 12.9. The fourth-order valence-electron chi connectivity index (χ4n) is 8.16. The molecule has 0 spiro atoms. The number of hydrogen-bond donors (Lipinski definition) is 3. The van der Waals surface area contributed by atoms with Gasteiger partial charge >= 0.3 is 0 Å². The van der Waals surface area contributed by atoms with Crippen molar-refractivity contribution in [2.45, 2.75) is 104 Å². The number of aliphatic hydroxyl groups is 3. The molecule has 0 heterocycles. The Morgan fingerprint density at radius 1 is 0.935 bits per heavy atom. The lowest BCUT2D eigenvalue weighted by Gasteiger charge is -2.62. The number of fused-ring (bicyclic) bond motifs is 5. The Balaban J connectivity index is 1.61. The highest BCUT2D eigenvalue weighted by Crippen LogP contribution is 2.67. The van der Waals surface area contributed by atoms with Crippen molar-refractivity contribution in [1.29, 1.82) is 0 Å². The molecular formula is C28H46O3. The van der Waals surface area contributed by atoms with Crippen molar-refractivity contribution in [3.8, 4) is 0 Å². The van der Waals surface area contributed by atoms with Gasteiger partial charge in [-0.1, -0.05) is 65.3 Å². The van der Waals surface area contributed by atoms with Crippen LogP contribution in [-0.2, 0) is 0 Å². The molecule has 3 saturated carbocycles. The molecule has 3 N–H and O–H groups in total. The Morgan fingerprint density at radius 3 is 2.32 bits per heavy atom. The number of hydrogen-bond acceptors (Lipinski definition) is 3. The summed E-state index contributed by atoms with van der Waals surface area (Å²) in [6.45, 7) is 14.0. The molecule has 3 heteroatoms. The zero-order valence-electron chi connectivity index (χ0n) is 20.6. The molecule has 10 atom stereocenters. The molecule has 0 radical (unpaired) electrons. The molecule has 3 nitrogen and oxygen atoms in total. The Hall–Kier alpha value is -0.640. The van der Waals surface area contributed by atoms with E-state index in [4.69, 9.17) is 0 Å². The third-order valence-corrected chi connectivity index (χ3v) is 10.7. The summed E-state index contributed by atoms with van der Waals surface area (Å²) in [7, 11) is 0. The fourth-order valence-corrected chi connectivity index (χ4v) is 8.16. The van der Waals surface area contributed by atoms with Crippen LogP contribution in [0.3, 0.4) is 0 Å². The molecule has 31 heavy (non-hydrogen) atoms. The van der Waals surface area contributed by atoms with E-state index in [0.29, 0.717) is 41.9 Å². The SMILES string of the molecule is CC(C)C(C)/C=C/C(C)[C@H]1CC[C@H]2C3=C[C@@H](O)[C@@]4(O)C[C@@H](O)CC[C@]4(C)C3CC[C@]12C. The van der Waals surface area contributed by atoms with Gasteiger partial charge in [-0.3, -0.25) is 0 Å². The van der Waals surface area contributed by atoms with Crippen LogP contribution >= 0.6 is 0 Å². The molecular weight excluding hydrogens is 384 g/mol. The van der Waals surface area contributed by atoms with Crippen molar-refractivity contribution in [3.05, 3.63) is 23.8 Å². The summed E-state index contributed by atoms with van der Waals surface area (Å²) in [5.41, 5.74) is 0.160. The molecule has 0 aliphatic heterocycles. The zero-order valence-corrected chi connectivity index (χ0v) is 20.6. The lowest BCUT2D eigenvalue weighted by atomic mass is 9.45. The molecule has 4 aliphatic rings. The maximum atomic E-state index is 11.6. The zero-order chi connectivity index (χ0) is 22.8. The Morgan fingerprint density at radius 2 is 1.65 bits per heavy atom. The predicted molar refractivity (Wildman–Crippen MR) is 126 cm³/mol. The molecule has 4 rings (SSSR count). The van der Waals surface area contributed by atoms with Crippen molar-refractivity contribution >= 4 is 0 Å². The lowest BCUT2D eigenvalue weighted by Crippen LogP contribution is -2.65. The van der Waals surface area contributed by atoms with Crippen LogP contribution in [0.5, 0.6) is 0 Å². The molecule has 176 valence electrons. The van der Waals surface area contributed by atoms with Gasteiger partial charge in [-0.2, -0.15) is 0 Å². The highest BCUT2D eigenvalue weighted by atomic mass is 16.3. The average Bonchev–Trinajstić information content (AvgIpc) is 3.05. The third-order valence-electron chi connectivity index (χ3n) is 10.7. The number of aliphatic hydroxyl groups excluding tert-OH is 2. The average molecular weight is 431 g/mol. The quantitative estimate of drug-likeness (QED) is 0.516. The van der Waals surface area contributed by atoms with E-state index < -0.39 is 17.8 Å². The second kappa shape index (κ2) is 7.99. The van der Waals surface area contributed by atoms with E-state index in [9.17, 15) is 15.3 Å². The van der Waals surface area contributed by atoms with Crippen molar-refractivity contribution < 1.29 is 15.3 Å². The van der Waals surface area contributed by atoms with Gasteiger partial charge in [0.05, 0.1) is 6.10 Å². The standard InChI is InChI=1S/C28H46O3/c1-17(2)18(3)7-8-19(4)22-9-10-23-21-15-25(30)28(31)16-20(29)11-14-27(28,6)24(21)12-13-26(22,23)5/h7-8,15,17-20,22-25,29-31H,9-14,16H2,1-6H3/b8-7+/t18?,19?,20-,22+,23-,24?,25+,26+,27+,28-/m0/s1. The van der Waals surface area contributed by atoms with E-state index in [2.05, 4.69) is 53.7 Å². The van der Waals surface area contributed by atoms with Gasteiger partial charge in [0.1, 0.15) is 11.7 Å². The fraction of sp³-hybridized carbons (Fsp3) is 0.857. The van der Waals surface area contributed by atoms with E-state index in [0.717, 1.165) is 19.3 Å². The minimum atomic E-state index is -1.20. The monoisotopic (exact) mass is 430 g/mol. The summed E-state index contributed by atoms with van der Waals surface area (Å²) < 4.78 is 0. The molecule has 3 unspecified atom stereocenters. The summed E-state index contributed by atoms with van der Waals surface area (Å²) >= 11 is 0. The Kier molecular flexibility index (Phi) is 6.06. The highest BCUT2D eigenvalue weighted by Gasteiger charge is 2.64. The van der Waals surface area contributed by atoms with Gasteiger partial charge in [0.2, 0.25) is 0 Å². The van der Waals surface area contributed by atoms with Crippen LogP contribution in [-0.4, -0.2) is 33.1 Å². The lowest BCUT2D eigenvalue weighted by molar-refractivity contribution is -0.210. The number of allylic oxidation sites excluding steroid dienone is 3. The third kappa shape index (κ3) is 3.49. The normalized spacial score (nSPS) is 49.4. The molecule has 3 fully saturated rings. The van der Waals surface area contributed by atoms with Crippen LogP contribution in [0.2, 0.25) is 0 Å². The topological polar surface area (TPSA) is 60.7 Å². The van der Waals surface area contributed by atoms with E-state index >= 15 is 0 Å². The predicted octanol–water partition coefficient (Wildman–Crippen LogP) is 5.50. The summed E-state index contributed by atoms with van der Waals surface area (Å²) in [5.74, 6) is 3.37. The molecule has 0 saturated heterocycles. The Labute approximate surface area is 190 Å². The molecule has 0 amide bonds. The molecule has 0 aromatic carbocycles. The molecule has 0 aromatic rings. The largest absolute Gasteiger partial charge is 0.393 e. The highest BCUT2D eigenvalue weighted by molar-refractivity contribution is 5.33. The van der Waals surface area contributed by atoms with Crippen molar-refractivity contribution in [1.82, 2.24) is 0 Å². The van der Waals surface area contributed by atoms with Crippen molar-refractivity contribution in [3.63, 3.8) is 0 Å². The van der Waals surface area contributed by atoms with E-state index in [1.807, 2.05) is 6.08 Å². The van der Waals surface area contributed by atoms with E-state index in [-0.39, 0.29) is 10.8 Å². The first kappa shape index (κ1) is 23.5. The van der Waals surface area contributed by atoms with E-state index in [1.165, 1.54) is 24.8 Å². The summed E-state index contributed by atoms with van der Waals surface area (Å²) in [6, 6.07) is 0. The van der Waals surface area contributed by atoms with Gasteiger partial charge in [0.25, 0.3) is 0 Å². The van der Waals surface area contributed by atoms with Crippen LogP contribution in [0.4, 0.5) is 0 Å². The van der Waals surface area contributed by atoms with Gasteiger partial charge in [-0.05, 0) is 79.4 Å². The second-order valence-electron chi connectivity index (χ2n) is 12.5. The van der Waals surface area contributed by atoms with Crippen LogP contribution in [0.25, 0.3) is 0 Å². The number of rotatable bonds is 4. The van der Waals surface area contributed by atoms with Gasteiger partial charge in [0, 0.05) is 11.8 Å². The Bertz CT molecular complexity index is 741. The molecule has 0 bridgehead atoms. The van der Waals surface area contributed by atoms with Gasteiger partial charge in [0.15, 0.2) is 0 Å². The van der Waals surface area contributed by atoms with Gasteiger partial charge in [-0.25, -0.2) is 0 Å². The van der Waals surface area contributed by atoms with Crippen LogP contribution in [0, 0.1) is 46.3 Å². The van der Waals surface area contributed by atoms with Crippen LogP contribution in [0.15, 0.2) is 23.8 Å². The summed E-state index contributed by atoms with van der Waals surface area (Å²) in [4.78, 5) is 0. The minimum Gasteiger partial charge on any atom is -0.393 e. The smallest absolute Gasteiger partial charge is 0.102 e. The van der Waals surface area contributed by atoms with Crippen molar-refractivity contribution in [2.24, 2.45) is 46.3 Å². The van der Waals surface area contributed by atoms with Crippen LogP contribution < -0.4 is 0 Å². The van der Waals surface area contributed by atoms with Crippen LogP contribution in [0.1, 0.15) is 86.5 Å². The van der Waals surface area contributed by atoms with Gasteiger partial charge in [-0.15, -0.1) is 0 Å². The van der Waals surface area contributed by atoms with Crippen molar-refractivity contribution in [2.75, 3.05) is 0 Å². The first-order valence-electron chi connectivity index (χ1n) is 12.9. The maximum Gasteiger partial charge on any atom is 0.102 e. The second-order valence-corrected chi connectivity index (χ2v) is 12.5. The molecule has 4 aliphatic carbocycles. The van der Waals surface area contributed by atoms with E-state index in [1.54, 1.807) is 0 Å². The minimum absolute atomic E-state index is 0.271. The molecule has 0 aromatic heterocycles. The first-order chi connectivity index (χ1) is 14.4. The van der Waals surface area contributed by atoms with Gasteiger partial charge < -0.3 is 15.3 Å².